The number of hydrogen-bond acceptors (Lipinski definition) is 4. The van der Waals surface area contributed by atoms with Gasteiger partial charge >= 0.3 is 0 Å². The molecule has 26 heavy (non-hydrogen) atoms. The molecule has 1 aromatic heterocycles. The van der Waals surface area contributed by atoms with E-state index < -0.39 is 0 Å². The highest BCUT2D eigenvalue weighted by Gasteiger charge is 2.33. The molecule has 1 aliphatic carbocycles. The number of nitrogens with zero attached hydrogens (tertiary/aromatic N) is 2. The topological polar surface area (TPSA) is 67.3 Å². The van der Waals surface area contributed by atoms with E-state index in [1.54, 1.807) is 12.4 Å². The average molecular weight is 353 g/mol. The fourth-order valence-corrected chi connectivity index (χ4v) is 2.41. The van der Waals surface area contributed by atoms with Crippen molar-refractivity contribution >= 4 is 12.0 Å². The second-order valence-corrected chi connectivity index (χ2v) is 6.33. The zero-order chi connectivity index (χ0) is 18.8. The van der Waals surface area contributed by atoms with E-state index in [4.69, 9.17) is 4.74 Å². The number of aliphatic imine (C=N–C) groups is 1. The summed E-state index contributed by atoms with van der Waals surface area (Å²) < 4.78 is 5.72. The molecule has 1 N–H and O–H groups in total. The Kier molecular flexibility index (Phi) is 7.80. The second kappa shape index (κ2) is 10.3. The van der Waals surface area contributed by atoms with E-state index in [2.05, 4.69) is 33.4 Å². The molecule has 5 nitrogen and oxygen atoms in total. The van der Waals surface area contributed by atoms with Gasteiger partial charge in [-0.2, -0.15) is 5.10 Å². The molecule has 1 heterocycles. The molecule has 2 unspecified atom stereocenters. The highest BCUT2D eigenvalue weighted by atomic mass is 16.5. The first-order chi connectivity index (χ1) is 12.6. The Labute approximate surface area is 155 Å². The summed E-state index contributed by atoms with van der Waals surface area (Å²) in [6.07, 6.45) is 16.6. The molecule has 1 saturated carbocycles. The molecule has 0 spiro atoms. The molecule has 0 bridgehead atoms. The molecule has 138 valence electrons. The molecule has 0 saturated heterocycles. The van der Waals surface area contributed by atoms with Gasteiger partial charge in [-0.15, -0.1) is 0 Å². The lowest BCUT2D eigenvalue weighted by Gasteiger charge is -2.06. The lowest BCUT2D eigenvalue weighted by molar-refractivity contribution is -0.109. The Bertz CT molecular complexity index is 724. The molecule has 0 amide bonds. The first-order valence-electron chi connectivity index (χ1n) is 8.93. The van der Waals surface area contributed by atoms with Gasteiger partial charge in [0.1, 0.15) is 12.0 Å². The quantitative estimate of drug-likeness (QED) is 0.294. The Morgan fingerprint density at radius 3 is 2.88 bits per heavy atom. The van der Waals surface area contributed by atoms with Crippen LogP contribution in [0.3, 0.4) is 0 Å². The summed E-state index contributed by atoms with van der Waals surface area (Å²) in [5.74, 6) is 1.45. The molecular weight excluding hydrogens is 326 g/mol. The van der Waals surface area contributed by atoms with Crippen LogP contribution in [-0.4, -0.2) is 28.8 Å². The van der Waals surface area contributed by atoms with Crippen LogP contribution in [0.25, 0.3) is 0 Å². The van der Waals surface area contributed by atoms with E-state index in [1.165, 1.54) is 5.57 Å². The van der Waals surface area contributed by atoms with Crippen molar-refractivity contribution in [1.82, 2.24) is 10.2 Å². The van der Waals surface area contributed by atoms with E-state index in [1.807, 2.05) is 39.0 Å². The molecule has 0 aromatic carbocycles. The molecule has 2 rings (SSSR count). The van der Waals surface area contributed by atoms with Gasteiger partial charge in [-0.3, -0.25) is 10.1 Å². The third-order valence-electron chi connectivity index (χ3n) is 4.27. The highest BCUT2D eigenvalue weighted by molar-refractivity contribution is 5.97. The van der Waals surface area contributed by atoms with Crippen molar-refractivity contribution in [2.24, 2.45) is 16.8 Å². The van der Waals surface area contributed by atoms with Crippen LogP contribution >= 0.6 is 0 Å². The highest BCUT2D eigenvalue weighted by Crippen LogP contribution is 2.37. The predicted octanol–water partition coefficient (Wildman–Crippen LogP) is 4.38. The normalized spacial score (nSPS) is 21.6. The number of hydrogen-bond donors (Lipinski definition) is 1. The minimum atomic E-state index is 0.239. The Hall–Kier alpha value is -2.69. The predicted molar refractivity (Wildman–Crippen MR) is 105 cm³/mol. The minimum absolute atomic E-state index is 0.239. The summed E-state index contributed by atoms with van der Waals surface area (Å²) in [6.45, 7) is 6.45. The molecule has 1 fully saturated rings. The number of aromatic amines is 1. The van der Waals surface area contributed by atoms with E-state index in [0.717, 1.165) is 36.3 Å². The summed E-state index contributed by atoms with van der Waals surface area (Å²) in [4.78, 5) is 15.0. The van der Waals surface area contributed by atoms with Gasteiger partial charge in [0.25, 0.3) is 0 Å². The van der Waals surface area contributed by atoms with E-state index in [-0.39, 0.29) is 5.92 Å². The number of allylic oxidation sites excluding steroid dienone is 6. The average Bonchev–Trinajstić information content (AvgIpc) is 3.18. The van der Waals surface area contributed by atoms with Crippen molar-refractivity contribution in [1.29, 1.82) is 0 Å². The number of nitrogens with one attached hydrogen (secondary N) is 1. The number of rotatable bonds is 10. The van der Waals surface area contributed by atoms with Crippen molar-refractivity contribution < 1.29 is 9.53 Å². The number of aromatic nitrogens is 2. The molecule has 2 atom stereocenters. The smallest absolute Gasteiger partial charge is 0.123 e. The lowest BCUT2D eigenvalue weighted by Crippen LogP contribution is -1.96. The standard InChI is InChI=1S/C21H27N3O2/c1-4-18(7-5-6-8-19-13-20(19)15-25)10-12-26-16(2)14-22-17(3)21-9-11-23-24-21/h4-9,11,14-15,19-20H,10,12-13H2,1-3H3,(H,23,24)/b7-5-,8-6+,16-14+,18-4+,22-17?. The van der Waals surface area contributed by atoms with Crippen LogP contribution < -0.4 is 0 Å². The van der Waals surface area contributed by atoms with Crippen LogP contribution in [0.5, 0.6) is 0 Å². The van der Waals surface area contributed by atoms with E-state index in [0.29, 0.717) is 12.5 Å². The second-order valence-electron chi connectivity index (χ2n) is 6.33. The van der Waals surface area contributed by atoms with Gasteiger partial charge in [-0.05, 0) is 44.7 Å². The molecule has 0 aliphatic heterocycles. The van der Waals surface area contributed by atoms with Crippen LogP contribution in [-0.2, 0) is 9.53 Å². The molecule has 1 aromatic rings. The number of carbonyl (C=O) groups is 1. The number of ether oxygens (including phenoxy) is 1. The van der Waals surface area contributed by atoms with Gasteiger partial charge in [0.05, 0.1) is 24.2 Å². The first-order valence-corrected chi connectivity index (χ1v) is 8.93. The monoisotopic (exact) mass is 353 g/mol. The maximum atomic E-state index is 10.6. The molecule has 1 aliphatic rings. The van der Waals surface area contributed by atoms with Crippen molar-refractivity contribution in [3.63, 3.8) is 0 Å². The fraction of sp³-hybridized carbons (Fsp3) is 0.381. The van der Waals surface area contributed by atoms with Crippen molar-refractivity contribution in [3.8, 4) is 0 Å². The van der Waals surface area contributed by atoms with Gasteiger partial charge < -0.3 is 9.53 Å². The zero-order valence-corrected chi connectivity index (χ0v) is 15.7. The summed E-state index contributed by atoms with van der Waals surface area (Å²) in [5.41, 5.74) is 2.97. The molecule has 5 heteroatoms. The molecular formula is C21H27N3O2. The Morgan fingerprint density at radius 1 is 1.38 bits per heavy atom. The minimum Gasteiger partial charge on any atom is -0.496 e. The van der Waals surface area contributed by atoms with Crippen LogP contribution in [0, 0.1) is 11.8 Å². The largest absolute Gasteiger partial charge is 0.496 e. The SMILES string of the molecule is C\C=C(/C=C\C=C\C1CC1C=O)CCO/C(C)=C/N=C(C)c1ccn[nH]1. The van der Waals surface area contributed by atoms with Crippen LogP contribution in [0.1, 0.15) is 39.3 Å². The molecule has 0 radical (unpaired) electrons. The number of carbonyl (C=O) groups excluding carboxylic acids is 1. The fourth-order valence-electron chi connectivity index (χ4n) is 2.41. The third-order valence-corrected chi connectivity index (χ3v) is 4.27. The third kappa shape index (κ3) is 6.67. The maximum absolute atomic E-state index is 10.6. The van der Waals surface area contributed by atoms with Gasteiger partial charge in [0, 0.05) is 18.5 Å². The Balaban J connectivity index is 1.72. The summed E-state index contributed by atoms with van der Waals surface area (Å²) in [7, 11) is 0. The summed E-state index contributed by atoms with van der Waals surface area (Å²) in [6, 6.07) is 1.88. The van der Waals surface area contributed by atoms with Crippen molar-refractivity contribution in [3.05, 3.63) is 65.9 Å². The first kappa shape index (κ1) is 19.6. The van der Waals surface area contributed by atoms with Crippen LogP contribution in [0.4, 0.5) is 0 Å². The number of H-pyrrole nitrogens is 1. The van der Waals surface area contributed by atoms with E-state index >= 15 is 0 Å². The van der Waals surface area contributed by atoms with Crippen LogP contribution in [0.15, 0.2) is 65.2 Å². The van der Waals surface area contributed by atoms with Crippen molar-refractivity contribution in [2.75, 3.05) is 6.61 Å². The van der Waals surface area contributed by atoms with E-state index in [9.17, 15) is 4.79 Å². The Morgan fingerprint density at radius 2 is 2.23 bits per heavy atom. The van der Waals surface area contributed by atoms with Gasteiger partial charge in [-0.25, -0.2) is 0 Å². The maximum Gasteiger partial charge on any atom is 0.123 e. The van der Waals surface area contributed by atoms with Crippen LogP contribution in [0.2, 0.25) is 0 Å². The van der Waals surface area contributed by atoms with Gasteiger partial charge in [0.15, 0.2) is 0 Å². The van der Waals surface area contributed by atoms with Gasteiger partial charge in [0.2, 0.25) is 0 Å². The zero-order valence-electron chi connectivity index (χ0n) is 15.7. The lowest BCUT2D eigenvalue weighted by atomic mass is 10.1. The summed E-state index contributed by atoms with van der Waals surface area (Å²) in [5, 5.41) is 6.79. The van der Waals surface area contributed by atoms with Crippen molar-refractivity contribution in [2.45, 2.75) is 33.6 Å². The van der Waals surface area contributed by atoms with Gasteiger partial charge in [-0.1, -0.05) is 30.4 Å². The summed E-state index contributed by atoms with van der Waals surface area (Å²) >= 11 is 0. The number of aldehydes is 1.